The largest absolute Gasteiger partial charge is 0.305 e. The standard InChI is InChI=1S/C12H18N4S/c1-4-16-12(5-9(2)15-16)7-13-6-11-8-17-10(3)14-11/h5,8,13H,4,6-7H2,1-3H3. The molecule has 92 valence electrons. The third-order valence-corrected chi connectivity index (χ3v) is 3.39. The molecule has 0 aliphatic carbocycles. The van der Waals surface area contributed by atoms with E-state index in [4.69, 9.17) is 0 Å². The molecule has 0 bridgehead atoms. The number of hydrogen-bond acceptors (Lipinski definition) is 4. The molecule has 0 spiro atoms. The number of aryl methyl sites for hydroxylation is 3. The van der Waals surface area contributed by atoms with E-state index < -0.39 is 0 Å². The van der Waals surface area contributed by atoms with Crippen LogP contribution in [0.1, 0.15) is 29.0 Å². The van der Waals surface area contributed by atoms with Gasteiger partial charge in [-0.1, -0.05) is 0 Å². The predicted molar refractivity (Wildman–Crippen MR) is 70.0 cm³/mol. The lowest BCUT2D eigenvalue weighted by molar-refractivity contribution is 0.577. The number of aromatic nitrogens is 3. The third kappa shape index (κ3) is 3.14. The maximum Gasteiger partial charge on any atom is 0.0897 e. The molecule has 0 unspecified atom stereocenters. The predicted octanol–water partition coefficient (Wildman–Crippen LogP) is 2.27. The Balaban J connectivity index is 1.89. The van der Waals surface area contributed by atoms with Gasteiger partial charge in [0, 0.05) is 25.0 Å². The lowest BCUT2D eigenvalue weighted by Crippen LogP contribution is -2.16. The van der Waals surface area contributed by atoms with Crippen LogP contribution in [0.4, 0.5) is 0 Å². The summed E-state index contributed by atoms with van der Waals surface area (Å²) in [7, 11) is 0. The first-order chi connectivity index (χ1) is 8.19. The highest BCUT2D eigenvalue weighted by atomic mass is 32.1. The van der Waals surface area contributed by atoms with Crippen LogP contribution in [0.2, 0.25) is 0 Å². The topological polar surface area (TPSA) is 42.7 Å². The van der Waals surface area contributed by atoms with Crippen molar-refractivity contribution in [3.8, 4) is 0 Å². The SMILES string of the molecule is CCn1nc(C)cc1CNCc1csc(C)n1. The Bertz CT molecular complexity index is 486. The number of nitrogens with one attached hydrogen (secondary N) is 1. The van der Waals surface area contributed by atoms with E-state index in [1.54, 1.807) is 11.3 Å². The van der Waals surface area contributed by atoms with Crippen molar-refractivity contribution in [2.45, 2.75) is 40.4 Å². The first-order valence-corrected chi connectivity index (χ1v) is 6.72. The van der Waals surface area contributed by atoms with Gasteiger partial charge in [0.05, 0.1) is 22.1 Å². The smallest absolute Gasteiger partial charge is 0.0897 e. The van der Waals surface area contributed by atoms with Crippen molar-refractivity contribution in [3.05, 3.63) is 33.5 Å². The van der Waals surface area contributed by atoms with E-state index in [1.165, 1.54) is 5.69 Å². The minimum Gasteiger partial charge on any atom is -0.305 e. The highest BCUT2D eigenvalue weighted by molar-refractivity contribution is 7.09. The van der Waals surface area contributed by atoms with E-state index in [-0.39, 0.29) is 0 Å². The average Bonchev–Trinajstić information content (AvgIpc) is 2.85. The fraction of sp³-hybridized carbons (Fsp3) is 0.500. The van der Waals surface area contributed by atoms with Gasteiger partial charge in [-0.2, -0.15) is 5.10 Å². The quantitative estimate of drug-likeness (QED) is 0.885. The molecule has 2 rings (SSSR count). The molecule has 17 heavy (non-hydrogen) atoms. The molecule has 0 radical (unpaired) electrons. The second kappa shape index (κ2) is 5.42. The van der Waals surface area contributed by atoms with Crippen LogP contribution in [0.25, 0.3) is 0 Å². The highest BCUT2D eigenvalue weighted by Gasteiger charge is 2.04. The maximum absolute atomic E-state index is 4.42. The van der Waals surface area contributed by atoms with E-state index in [9.17, 15) is 0 Å². The van der Waals surface area contributed by atoms with Crippen molar-refractivity contribution >= 4 is 11.3 Å². The Labute approximate surface area is 106 Å². The first kappa shape index (κ1) is 12.3. The van der Waals surface area contributed by atoms with Crippen molar-refractivity contribution in [1.29, 1.82) is 0 Å². The number of thiazole rings is 1. The average molecular weight is 250 g/mol. The Kier molecular flexibility index (Phi) is 3.91. The lowest BCUT2D eigenvalue weighted by Gasteiger charge is -2.05. The monoisotopic (exact) mass is 250 g/mol. The van der Waals surface area contributed by atoms with E-state index >= 15 is 0 Å². The van der Waals surface area contributed by atoms with Crippen molar-refractivity contribution in [1.82, 2.24) is 20.1 Å². The molecule has 0 aliphatic rings. The molecule has 1 N–H and O–H groups in total. The summed E-state index contributed by atoms with van der Waals surface area (Å²) >= 11 is 1.69. The van der Waals surface area contributed by atoms with Gasteiger partial charge in [-0.3, -0.25) is 4.68 Å². The van der Waals surface area contributed by atoms with E-state index in [1.807, 2.05) is 18.5 Å². The Morgan fingerprint density at radius 1 is 1.35 bits per heavy atom. The van der Waals surface area contributed by atoms with Gasteiger partial charge in [0.25, 0.3) is 0 Å². The van der Waals surface area contributed by atoms with Gasteiger partial charge >= 0.3 is 0 Å². The summed E-state index contributed by atoms with van der Waals surface area (Å²) < 4.78 is 2.04. The van der Waals surface area contributed by atoms with Gasteiger partial charge in [0.15, 0.2) is 0 Å². The van der Waals surface area contributed by atoms with Crippen LogP contribution in [-0.4, -0.2) is 14.8 Å². The van der Waals surface area contributed by atoms with Gasteiger partial charge in [0.2, 0.25) is 0 Å². The van der Waals surface area contributed by atoms with Crippen LogP contribution in [0, 0.1) is 13.8 Å². The molecule has 0 fully saturated rings. The van der Waals surface area contributed by atoms with Gasteiger partial charge in [0.1, 0.15) is 0 Å². The summed E-state index contributed by atoms with van der Waals surface area (Å²) in [6.07, 6.45) is 0. The third-order valence-electron chi connectivity index (χ3n) is 2.56. The molecule has 2 aromatic heterocycles. The summed E-state index contributed by atoms with van der Waals surface area (Å²) in [6, 6.07) is 2.13. The van der Waals surface area contributed by atoms with Crippen LogP contribution in [0.15, 0.2) is 11.4 Å². The molecule has 0 amide bonds. The van der Waals surface area contributed by atoms with Crippen molar-refractivity contribution in [2.24, 2.45) is 0 Å². The summed E-state index contributed by atoms with van der Waals surface area (Å²) in [5.74, 6) is 0. The zero-order chi connectivity index (χ0) is 12.3. The normalized spacial score (nSPS) is 11.0. The summed E-state index contributed by atoms with van der Waals surface area (Å²) in [5.41, 5.74) is 3.43. The van der Waals surface area contributed by atoms with Gasteiger partial charge in [-0.25, -0.2) is 4.98 Å². The summed E-state index contributed by atoms with van der Waals surface area (Å²) in [4.78, 5) is 4.42. The van der Waals surface area contributed by atoms with Crippen molar-refractivity contribution in [3.63, 3.8) is 0 Å². The second-order valence-corrected chi connectivity index (χ2v) is 5.12. The molecule has 2 aromatic rings. The molecule has 0 saturated heterocycles. The van der Waals surface area contributed by atoms with Crippen LogP contribution in [0.5, 0.6) is 0 Å². The van der Waals surface area contributed by atoms with Crippen molar-refractivity contribution < 1.29 is 0 Å². The molecule has 0 saturated carbocycles. The summed E-state index contributed by atoms with van der Waals surface area (Å²) in [5, 5.41) is 11.0. The Morgan fingerprint density at radius 3 is 2.82 bits per heavy atom. The zero-order valence-corrected chi connectivity index (χ0v) is 11.3. The van der Waals surface area contributed by atoms with Gasteiger partial charge in [-0.15, -0.1) is 11.3 Å². The van der Waals surface area contributed by atoms with E-state index in [0.29, 0.717) is 0 Å². The van der Waals surface area contributed by atoms with E-state index in [0.717, 1.165) is 36.0 Å². The number of hydrogen-bond donors (Lipinski definition) is 1. The molecule has 5 heteroatoms. The van der Waals surface area contributed by atoms with Gasteiger partial charge < -0.3 is 5.32 Å². The minimum absolute atomic E-state index is 0.818. The van der Waals surface area contributed by atoms with Crippen LogP contribution in [0.3, 0.4) is 0 Å². The number of nitrogens with zero attached hydrogens (tertiary/aromatic N) is 3. The second-order valence-electron chi connectivity index (χ2n) is 4.05. The van der Waals surface area contributed by atoms with Crippen LogP contribution < -0.4 is 5.32 Å². The fourth-order valence-electron chi connectivity index (χ4n) is 1.82. The molecular weight excluding hydrogens is 232 g/mol. The van der Waals surface area contributed by atoms with E-state index in [2.05, 4.69) is 33.8 Å². The summed E-state index contributed by atoms with van der Waals surface area (Å²) in [6.45, 7) is 8.74. The van der Waals surface area contributed by atoms with Crippen molar-refractivity contribution in [2.75, 3.05) is 0 Å². The lowest BCUT2D eigenvalue weighted by atomic mass is 10.3. The Morgan fingerprint density at radius 2 is 2.18 bits per heavy atom. The molecule has 0 aliphatic heterocycles. The van der Waals surface area contributed by atoms with Crippen LogP contribution in [-0.2, 0) is 19.6 Å². The zero-order valence-electron chi connectivity index (χ0n) is 10.5. The highest BCUT2D eigenvalue weighted by Crippen LogP contribution is 2.08. The minimum atomic E-state index is 0.818. The molecule has 0 atom stereocenters. The maximum atomic E-state index is 4.42. The molecule has 2 heterocycles. The fourth-order valence-corrected chi connectivity index (χ4v) is 2.44. The molecule has 4 nitrogen and oxygen atoms in total. The van der Waals surface area contributed by atoms with Gasteiger partial charge in [-0.05, 0) is 26.8 Å². The van der Waals surface area contributed by atoms with Crippen LogP contribution >= 0.6 is 11.3 Å². The Hall–Kier alpha value is -1.20. The number of rotatable bonds is 5. The molecule has 0 aromatic carbocycles. The molecular formula is C12H18N4S. The first-order valence-electron chi connectivity index (χ1n) is 5.84.